The zero-order valence-electron chi connectivity index (χ0n) is 28.6. The van der Waals surface area contributed by atoms with E-state index in [9.17, 15) is 0 Å². The first-order valence-electron chi connectivity index (χ1n) is 17.8. The standard InChI is InChI=1S/C47H32FN3SSi/c48-46(33-15-11-14-32(28-33)40-23-9-10-26-49-40)34-16-12-17-35(29-34)51-41-31-43-39(38-22-7-8-24-42(38)52-43)30-45(41)53(36-18-3-1-4-19-36,37-20-5-2-6-21-37)44-25-13-27-50-47(44)51/h1-31,46H. The maximum absolute atomic E-state index is 16.7. The normalized spacial score (nSPS) is 13.8. The summed E-state index contributed by atoms with van der Waals surface area (Å²) in [4.78, 5) is 12.0. The average molecular weight is 718 g/mol. The van der Waals surface area contributed by atoms with Gasteiger partial charge in [-0.25, -0.2) is 9.37 Å². The van der Waals surface area contributed by atoms with Crippen LogP contribution in [-0.4, -0.2) is 18.0 Å². The molecule has 1 aliphatic rings. The lowest BCUT2D eigenvalue weighted by Gasteiger charge is -2.44. The lowest BCUT2D eigenvalue weighted by molar-refractivity contribution is 0.402. The van der Waals surface area contributed by atoms with Crippen LogP contribution in [-0.2, 0) is 0 Å². The molecule has 252 valence electrons. The van der Waals surface area contributed by atoms with Gasteiger partial charge in [0.1, 0.15) is 5.82 Å². The number of anilines is 3. The highest BCUT2D eigenvalue weighted by atomic mass is 32.1. The molecule has 3 aromatic heterocycles. The van der Waals surface area contributed by atoms with Crippen molar-refractivity contribution in [3.8, 4) is 11.3 Å². The Balaban J connectivity index is 1.22. The lowest BCUT2D eigenvalue weighted by atomic mass is 9.99. The molecule has 0 N–H and O–H groups in total. The monoisotopic (exact) mass is 717 g/mol. The van der Waals surface area contributed by atoms with Crippen LogP contribution in [0.15, 0.2) is 188 Å². The smallest absolute Gasteiger partial charge is 0.186 e. The lowest BCUT2D eigenvalue weighted by Crippen LogP contribution is -2.77. The van der Waals surface area contributed by atoms with Gasteiger partial charge in [-0.15, -0.1) is 11.3 Å². The number of nitrogens with zero attached hydrogens (tertiary/aromatic N) is 3. The van der Waals surface area contributed by atoms with E-state index in [1.165, 1.54) is 40.9 Å². The summed E-state index contributed by atoms with van der Waals surface area (Å²) in [5, 5.41) is 7.60. The number of pyridine rings is 2. The van der Waals surface area contributed by atoms with Gasteiger partial charge in [0.05, 0.1) is 5.69 Å². The molecule has 0 amide bonds. The van der Waals surface area contributed by atoms with Crippen molar-refractivity contribution >= 4 is 77.5 Å². The van der Waals surface area contributed by atoms with Gasteiger partial charge < -0.3 is 0 Å². The Morgan fingerprint density at radius 2 is 1.23 bits per heavy atom. The molecule has 10 rings (SSSR count). The fraction of sp³-hybridized carbons (Fsp3) is 0.0213. The second-order valence-corrected chi connectivity index (χ2v) is 18.3. The molecule has 0 radical (unpaired) electrons. The van der Waals surface area contributed by atoms with Crippen molar-refractivity contribution in [1.29, 1.82) is 0 Å². The van der Waals surface area contributed by atoms with Crippen LogP contribution in [0.1, 0.15) is 17.3 Å². The van der Waals surface area contributed by atoms with Gasteiger partial charge in [0.25, 0.3) is 0 Å². The highest BCUT2D eigenvalue weighted by molar-refractivity contribution is 7.26. The maximum atomic E-state index is 16.7. The van der Waals surface area contributed by atoms with E-state index in [1.54, 1.807) is 6.20 Å². The van der Waals surface area contributed by atoms with Gasteiger partial charge >= 0.3 is 0 Å². The molecule has 4 heterocycles. The minimum absolute atomic E-state index is 0.586. The zero-order chi connectivity index (χ0) is 35.4. The molecule has 0 aliphatic carbocycles. The molecule has 0 saturated heterocycles. The number of hydrogen-bond acceptors (Lipinski definition) is 4. The minimum atomic E-state index is -2.94. The third kappa shape index (κ3) is 5.05. The van der Waals surface area contributed by atoms with Crippen LogP contribution in [0, 0.1) is 0 Å². The number of alkyl halides is 1. The van der Waals surface area contributed by atoms with Crippen LogP contribution in [0.2, 0.25) is 0 Å². The van der Waals surface area contributed by atoms with E-state index in [1.807, 2.05) is 78.2 Å². The number of benzene rings is 6. The van der Waals surface area contributed by atoms with E-state index in [0.717, 1.165) is 28.5 Å². The molecule has 6 heteroatoms. The summed E-state index contributed by atoms with van der Waals surface area (Å²) in [6, 6.07) is 61.2. The predicted molar refractivity (Wildman–Crippen MR) is 222 cm³/mol. The molecular weight excluding hydrogens is 686 g/mol. The zero-order valence-corrected chi connectivity index (χ0v) is 30.4. The SMILES string of the molecule is FC(c1cccc(-c2ccccn2)c1)c1cccc(N2c3cc4sc5ccccc5c4cc3[Si](c3ccccc3)(c3ccccc3)c3cccnc32)c1. The molecule has 0 bridgehead atoms. The van der Waals surface area contributed by atoms with Crippen LogP contribution in [0.4, 0.5) is 21.6 Å². The molecule has 9 aromatic rings. The van der Waals surface area contributed by atoms with Crippen LogP contribution < -0.4 is 25.6 Å². The van der Waals surface area contributed by atoms with Crippen molar-refractivity contribution in [3.63, 3.8) is 0 Å². The molecule has 0 spiro atoms. The fourth-order valence-electron chi connectivity index (χ4n) is 8.20. The number of aromatic nitrogens is 2. The van der Waals surface area contributed by atoms with Gasteiger partial charge in [0.15, 0.2) is 14.2 Å². The summed E-state index contributed by atoms with van der Waals surface area (Å²) in [6.07, 6.45) is 2.31. The number of halogens is 1. The van der Waals surface area contributed by atoms with Gasteiger partial charge in [-0.05, 0) is 80.4 Å². The van der Waals surface area contributed by atoms with Crippen molar-refractivity contribution in [3.05, 3.63) is 199 Å². The summed E-state index contributed by atoms with van der Waals surface area (Å²) in [7, 11) is -2.94. The third-order valence-electron chi connectivity index (χ3n) is 10.5. The van der Waals surface area contributed by atoms with Gasteiger partial charge in [0.2, 0.25) is 0 Å². The van der Waals surface area contributed by atoms with Crippen LogP contribution >= 0.6 is 11.3 Å². The topological polar surface area (TPSA) is 29.0 Å². The Hall–Kier alpha value is -6.21. The summed E-state index contributed by atoms with van der Waals surface area (Å²) in [6.45, 7) is 0. The molecule has 1 atom stereocenters. The van der Waals surface area contributed by atoms with Gasteiger partial charge in [-0.3, -0.25) is 9.88 Å². The van der Waals surface area contributed by atoms with Gasteiger partial charge in [-0.2, -0.15) is 0 Å². The molecule has 6 aromatic carbocycles. The summed E-state index contributed by atoms with van der Waals surface area (Å²) in [5.74, 6) is 0.879. The Bertz CT molecular complexity index is 2730. The molecule has 0 saturated carbocycles. The van der Waals surface area contributed by atoms with Crippen molar-refractivity contribution < 1.29 is 4.39 Å². The van der Waals surface area contributed by atoms with E-state index >= 15 is 4.39 Å². The van der Waals surface area contributed by atoms with E-state index in [-0.39, 0.29) is 0 Å². The largest absolute Gasteiger partial charge is 0.295 e. The van der Waals surface area contributed by atoms with E-state index in [0.29, 0.717) is 11.1 Å². The number of rotatable bonds is 6. The van der Waals surface area contributed by atoms with E-state index in [4.69, 9.17) is 4.98 Å². The molecule has 53 heavy (non-hydrogen) atoms. The Kier molecular flexibility index (Phi) is 7.60. The summed E-state index contributed by atoms with van der Waals surface area (Å²) >= 11 is 1.81. The molecule has 1 unspecified atom stereocenters. The highest BCUT2D eigenvalue weighted by Gasteiger charge is 2.49. The van der Waals surface area contributed by atoms with Crippen molar-refractivity contribution in [2.45, 2.75) is 6.17 Å². The number of hydrogen-bond donors (Lipinski definition) is 0. The predicted octanol–water partition coefficient (Wildman–Crippen LogP) is 9.73. The quantitative estimate of drug-likeness (QED) is 0.161. The van der Waals surface area contributed by atoms with Crippen LogP contribution in [0.25, 0.3) is 31.4 Å². The van der Waals surface area contributed by atoms with Crippen LogP contribution in [0.3, 0.4) is 0 Å². The molecule has 0 fully saturated rings. The summed E-state index contributed by atoms with van der Waals surface area (Å²) < 4.78 is 19.2. The Morgan fingerprint density at radius 1 is 0.528 bits per heavy atom. The molecule has 1 aliphatic heterocycles. The van der Waals surface area contributed by atoms with Crippen molar-refractivity contribution in [1.82, 2.24) is 9.97 Å². The third-order valence-corrected chi connectivity index (χ3v) is 16.5. The Morgan fingerprint density at radius 3 is 2.00 bits per heavy atom. The Labute approximate surface area is 312 Å². The van der Waals surface area contributed by atoms with Gasteiger partial charge in [-0.1, -0.05) is 127 Å². The second kappa shape index (κ2) is 12.8. The van der Waals surface area contributed by atoms with Crippen molar-refractivity contribution in [2.24, 2.45) is 0 Å². The highest BCUT2D eigenvalue weighted by Crippen LogP contribution is 2.43. The van der Waals surface area contributed by atoms with E-state index in [2.05, 4.69) is 125 Å². The molecular formula is C47H32FN3SSi. The second-order valence-electron chi connectivity index (χ2n) is 13.5. The number of thiophene rings is 1. The van der Waals surface area contributed by atoms with Crippen molar-refractivity contribution in [2.75, 3.05) is 4.90 Å². The fourth-order valence-corrected chi connectivity index (χ4v) is 14.4. The first-order chi connectivity index (χ1) is 26.2. The average Bonchev–Trinajstić information content (AvgIpc) is 3.60. The van der Waals surface area contributed by atoms with Crippen LogP contribution in [0.5, 0.6) is 0 Å². The minimum Gasteiger partial charge on any atom is -0.295 e. The first-order valence-corrected chi connectivity index (χ1v) is 20.6. The first kappa shape index (κ1) is 31.5. The number of fused-ring (bicyclic) bond motifs is 5. The molecule has 3 nitrogen and oxygen atoms in total. The van der Waals surface area contributed by atoms with Gasteiger partial charge in [0, 0.05) is 49.5 Å². The van der Waals surface area contributed by atoms with E-state index < -0.39 is 14.2 Å². The maximum Gasteiger partial charge on any atom is 0.186 e. The summed E-state index contributed by atoms with van der Waals surface area (Å²) in [5.41, 5.74) is 4.84.